The van der Waals surface area contributed by atoms with Gasteiger partial charge in [-0.3, -0.25) is 0 Å². The van der Waals surface area contributed by atoms with Crippen molar-refractivity contribution in [1.82, 2.24) is 9.78 Å². The highest BCUT2D eigenvalue weighted by molar-refractivity contribution is 6.06. The van der Waals surface area contributed by atoms with Crippen LogP contribution in [0.1, 0.15) is 112 Å². The molecule has 0 unspecified atom stereocenters. The molecule has 43 heavy (non-hydrogen) atoms. The highest BCUT2D eigenvalue weighted by Gasteiger charge is 2.31. The molecule has 0 saturated heterocycles. The van der Waals surface area contributed by atoms with E-state index < -0.39 is 11.9 Å². The van der Waals surface area contributed by atoms with Gasteiger partial charge in [0.15, 0.2) is 17.2 Å². The largest absolute Gasteiger partial charge is 0.490 e. The van der Waals surface area contributed by atoms with Crippen LogP contribution in [0, 0.1) is 0 Å². The van der Waals surface area contributed by atoms with Crippen LogP contribution in [0.3, 0.4) is 0 Å². The van der Waals surface area contributed by atoms with Gasteiger partial charge >= 0.3 is 11.9 Å². The summed E-state index contributed by atoms with van der Waals surface area (Å²) >= 11 is 0. The number of carbonyl (C=O) groups is 2. The lowest BCUT2D eigenvalue weighted by Crippen LogP contribution is -2.15. The fourth-order valence-electron chi connectivity index (χ4n) is 4.97. The van der Waals surface area contributed by atoms with Crippen LogP contribution in [-0.2, 0) is 9.47 Å². The molecular weight excluding hydrogens is 544 g/mol. The first-order valence-electron chi connectivity index (χ1n) is 15.8. The highest BCUT2D eigenvalue weighted by Crippen LogP contribution is 2.36. The molecule has 0 fully saturated rings. The summed E-state index contributed by atoms with van der Waals surface area (Å²) in [7, 11) is 2.55. The average Bonchev–Trinajstić information content (AvgIpc) is 3.45. The summed E-state index contributed by atoms with van der Waals surface area (Å²) in [6.07, 6.45) is 14.0. The third kappa shape index (κ3) is 9.87. The maximum absolute atomic E-state index is 13.1. The molecule has 0 N–H and O–H groups in total. The zero-order chi connectivity index (χ0) is 30.9. The number of esters is 2. The summed E-state index contributed by atoms with van der Waals surface area (Å²) in [6.45, 7) is 5.58. The number of carbonyl (C=O) groups excluding carboxylic acids is 2. The first-order valence-corrected chi connectivity index (χ1v) is 15.8. The maximum atomic E-state index is 13.1. The summed E-state index contributed by atoms with van der Waals surface area (Å²) in [5.41, 5.74) is 1.53. The number of nitrogens with zero attached hydrogens (tertiary/aromatic N) is 2. The van der Waals surface area contributed by atoms with Gasteiger partial charge in [-0.2, -0.15) is 5.10 Å². The van der Waals surface area contributed by atoms with Gasteiger partial charge in [0.25, 0.3) is 0 Å². The highest BCUT2D eigenvalue weighted by atomic mass is 16.5. The van der Waals surface area contributed by atoms with Crippen LogP contribution in [0.25, 0.3) is 16.9 Å². The fourth-order valence-corrected chi connectivity index (χ4v) is 4.97. The molecular formula is C35H48N2O6. The van der Waals surface area contributed by atoms with Gasteiger partial charge in [0.1, 0.15) is 11.3 Å². The Balaban J connectivity index is 1.94. The van der Waals surface area contributed by atoms with Crippen molar-refractivity contribution in [3.8, 4) is 28.4 Å². The molecule has 0 aliphatic rings. The second kappa shape index (κ2) is 18.7. The Morgan fingerprint density at radius 1 is 0.674 bits per heavy atom. The second-order valence-electron chi connectivity index (χ2n) is 10.7. The smallest absolute Gasteiger partial charge is 0.357 e. The van der Waals surface area contributed by atoms with Crippen molar-refractivity contribution in [3.05, 3.63) is 59.8 Å². The van der Waals surface area contributed by atoms with Gasteiger partial charge in [-0.15, -0.1) is 0 Å². The molecule has 0 saturated carbocycles. The standard InChI is InChI=1S/C35H48N2O6/c1-5-7-9-11-13-18-24-42-29-23-22-27(26-30(29)43-25-19-14-12-10-8-6-2)32-31(34(38)40-3)33(35(39)41-4)37(36-32)28-20-16-15-17-21-28/h15-17,20-23,26H,5-14,18-19,24-25H2,1-4H3. The van der Waals surface area contributed by atoms with Crippen molar-refractivity contribution in [2.45, 2.75) is 90.9 Å². The number of hydrogen-bond donors (Lipinski definition) is 0. The number of para-hydroxylation sites is 1. The fraction of sp³-hybridized carbons (Fsp3) is 0.514. The SMILES string of the molecule is CCCCCCCCOc1ccc(-c2nn(-c3ccccc3)c(C(=O)OC)c2C(=O)OC)cc1OCCCCCCCC. The normalized spacial score (nSPS) is 10.9. The van der Waals surface area contributed by atoms with Gasteiger partial charge < -0.3 is 18.9 Å². The van der Waals surface area contributed by atoms with Crippen LogP contribution in [-0.4, -0.2) is 49.2 Å². The summed E-state index contributed by atoms with van der Waals surface area (Å²) in [6, 6.07) is 14.7. The topological polar surface area (TPSA) is 88.9 Å². The molecule has 3 rings (SSSR count). The Bertz CT molecular complexity index is 1270. The molecule has 8 nitrogen and oxygen atoms in total. The molecule has 0 spiro atoms. The lowest BCUT2D eigenvalue weighted by Gasteiger charge is -2.14. The zero-order valence-electron chi connectivity index (χ0n) is 26.4. The molecule has 1 aromatic heterocycles. The van der Waals surface area contributed by atoms with E-state index >= 15 is 0 Å². The molecule has 0 atom stereocenters. The maximum Gasteiger partial charge on any atom is 0.357 e. The van der Waals surface area contributed by atoms with Crippen LogP contribution in [0.5, 0.6) is 11.5 Å². The van der Waals surface area contributed by atoms with E-state index in [1.807, 2.05) is 36.4 Å². The number of ether oxygens (including phenoxy) is 4. The van der Waals surface area contributed by atoms with Crippen LogP contribution < -0.4 is 9.47 Å². The van der Waals surface area contributed by atoms with Gasteiger partial charge in [-0.25, -0.2) is 14.3 Å². The molecule has 2 aromatic carbocycles. The molecule has 1 heterocycles. The molecule has 234 valence electrons. The van der Waals surface area contributed by atoms with Crippen molar-refractivity contribution in [3.63, 3.8) is 0 Å². The molecule has 0 bridgehead atoms. The van der Waals surface area contributed by atoms with Crippen LogP contribution in [0.2, 0.25) is 0 Å². The lowest BCUT2D eigenvalue weighted by atomic mass is 10.0. The predicted octanol–water partition coefficient (Wildman–Crippen LogP) is 8.59. The number of aromatic nitrogens is 2. The Hall–Kier alpha value is -3.81. The second-order valence-corrected chi connectivity index (χ2v) is 10.7. The Morgan fingerprint density at radius 2 is 1.23 bits per heavy atom. The predicted molar refractivity (Wildman–Crippen MR) is 169 cm³/mol. The van der Waals surface area contributed by atoms with Crippen molar-refractivity contribution < 1.29 is 28.5 Å². The number of rotatable bonds is 20. The summed E-state index contributed by atoms with van der Waals surface area (Å²) < 4.78 is 24.0. The zero-order valence-corrected chi connectivity index (χ0v) is 26.4. The van der Waals surface area contributed by atoms with E-state index in [1.165, 1.54) is 70.3 Å². The van der Waals surface area contributed by atoms with Crippen molar-refractivity contribution in [2.75, 3.05) is 27.4 Å². The molecule has 3 aromatic rings. The monoisotopic (exact) mass is 592 g/mol. The molecule has 0 aliphatic heterocycles. The Kier molecular flexibility index (Phi) is 14.6. The first kappa shape index (κ1) is 33.7. The van der Waals surface area contributed by atoms with Gasteiger partial charge in [-0.1, -0.05) is 96.3 Å². The van der Waals surface area contributed by atoms with Gasteiger partial charge in [0.2, 0.25) is 0 Å². The van der Waals surface area contributed by atoms with Gasteiger partial charge in [0, 0.05) is 5.56 Å². The number of hydrogen-bond acceptors (Lipinski definition) is 7. The number of benzene rings is 2. The number of methoxy groups -OCH3 is 2. The minimum Gasteiger partial charge on any atom is -0.490 e. The third-order valence-corrected chi connectivity index (χ3v) is 7.38. The van der Waals surface area contributed by atoms with E-state index in [2.05, 4.69) is 13.8 Å². The van der Waals surface area contributed by atoms with Crippen molar-refractivity contribution in [1.29, 1.82) is 0 Å². The summed E-state index contributed by atoms with van der Waals surface area (Å²) in [4.78, 5) is 26.1. The average molecular weight is 593 g/mol. The molecule has 8 heteroatoms. The Morgan fingerprint density at radius 3 is 1.81 bits per heavy atom. The summed E-state index contributed by atoms with van der Waals surface area (Å²) in [5, 5.41) is 4.73. The van der Waals surface area contributed by atoms with Gasteiger partial charge in [-0.05, 0) is 43.2 Å². The lowest BCUT2D eigenvalue weighted by molar-refractivity contribution is 0.0549. The van der Waals surface area contributed by atoms with Gasteiger partial charge in [0.05, 0.1) is 33.1 Å². The van der Waals surface area contributed by atoms with E-state index in [1.54, 1.807) is 12.1 Å². The van der Waals surface area contributed by atoms with Crippen LogP contribution >= 0.6 is 0 Å². The quantitative estimate of drug-likeness (QED) is 0.0959. The molecule has 0 radical (unpaired) electrons. The minimum atomic E-state index is -0.693. The van der Waals surface area contributed by atoms with E-state index in [0.29, 0.717) is 41.7 Å². The van der Waals surface area contributed by atoms with Crippen LogP contribution in [0.15, 0.2) is 48.5 Å². The molecule has 0 aliphatic carbocycles. The third-order valence-electron chi connectivity index (χ3n) is 7.38. The van der Waals surface area contributed by atoms with E-state index in [0.717, 1.165) is 25.7 Å². The summed E-state index contributed by atoms with van der Waals surface area (Å²) in [5.74, 6) is -0.141. The van der Waals surface area contributed by atoms with Crippen LogP contribution in [0.4, 0.5) is 0 Å². The Labute approximate surface area is 256 Å². The van der Waals surface area contributed by atoms with E-state index in [-0.39, 0.29) is 11.3 Å². The van der Waals surface area contributed by atoms with E-state index in [9.17, 15) is 9.59 Å². The van der Waals surface area contributed by atoms with Crippen molar-refractivity contribution >= 4 is 11.9 Å². The first-order chi connectivity index (χ1) is 21.0. The van der Waals surface area contributed by atoms with E-state index in [4.69, 9.17) is 24.0 Å². The van der Waals surface area contributed by atoms with Crippen molar-refractivity contribution in [2.24, 2.45) is 0 Å². The minimum absolute atomic E-state index is 0.00602. The molecule has 0 amide bonds. The number of unbranched alkanes of at least 4 members (excludes halogenated alkanes) is 10.